The molecule has 0 spiro atoms. The zero-order valence-corrected chi connectivity index (χ0v) is 9.50. The van der Waals surface area contributed by atoms with Gasteiger partial charge in [-0.2, -0.15) is 0 Å². The van der Waals surface area contributed by atoms with Crippen LogP contribution < -0.4 is 0 Å². The summed E-state index contributed by atoms with van der Waals surface area (Å²) in [5.74, 6) is 0.680. The number of rotatable bonds is 1. The van der Waals surface area contributed by atoms with Crippen LogP contribution in [0.2, 0.25) is 0 Å². The first-order valence-electron chi connectivity index (χ1n) is 4.82. The Balaban J connectivity index is 3.07. The van der Waals surface area contributed by atoms with E-state index in [1.165, 1.54) is 0 Å². The molecular weight excluding hydrogens is 178 g/mol. The maximum Gasteiger partial charge on any atom is 0.109 e. The molecule has 1 aliphatic rings. The fourth-order valence-electron chi connectivity index (χ4n) is 2.18. The SMILES string of the molecule is [CH2]C(O)N1C(C)(C)COC(=C)C1(C)C. The fraction of sp³-hybridized carbons (Fsp3) is 0.727. The topological polar surface area (TPSA) is 32.7 Å². The van der Waals surface area contributed by atoms with E-state index < -0.39 is 6.23 Å². The van der Waals surface area contributed by atoms with Crippen molar-refractivity contribution in [3.05, 3.63) is 19.3 Å². The second-order valence-electron chi connectivity index (χ2n) is 4.93. The van der Waals surface area contributed by atoms with Gasteiger partial charge in [0.1, 0.15) is 18.6 Å². The Bertz CT molecular complexity index is 244. The average molecular weight is 198 g/mol. The Morgan fingerprint density at radius 2 is 1.93 bits per heavy atom. The fourth-order valence-corrected chi connectivity index (χ4v) is 2.18. The molecule has 1 rings (SSSR count). The van der Waals surface area contributed by atoms with Gasteiger partial charge in [-0.05, 0) is 34.6 Å². The minimum Gasteiger partial charge on any atom is -0.495 e. The van der Waals surface area contributed by atoms with Crippen LogP contribution in [-0.2, 0) is 4.74 Å². The zero-order chi connectivity index (χ0) is 11.1. The van der Waals surface area contributed by atoms with Crippen molar-refractivity contribution in [2.45, 2.75) is 45.0 Å². The smallest absolute Gasteiger partial charge is 0.109 e. The summed E-state index contributed by atoms with van der Waals surface area (Å²) in [5, 5.41) is 9.68. The summed E-state index contributed by atoms with van der Waals surface area (Å²) >= 11 is 0. The number of ether oxygens (including phenoxy) is 1. The standard InChI is InChI=1S/C11H20NO2/c1-8-11(5,6)12(9(2)13)10(3,4)7-14-8/h9,13H,1-2,7H2,3-6H3. The normalized spacial score (nSPS) is 28.3. The molecule has 0 aromatic heterocycles. The van der Waals surface area contributed by atoms with Crippen LogP contribution in [0.15, 0.2) is 12.3 Å². The highest BCUT2D eigenvalue weighted by molar-refractivity contribution is 5.14. The van der Waals surface area contributed by atoms with Gasteiger partial charge in [-0.3, -0.25) is 4.90 Å². The van der Waals surface area contributed by atoms with Crippen LogP contribution in [0.4, 0.5) is 0 Å². The Morgan fingerprint density at radius 1 is 1.43 bits per heavy atom. The highest BCUT2D eigenvalue weighted by atomic mass is 16.5. The first-order valence-corrected chi connectivity index (χ1v) is 4.82. The van der Waals surface area contributed by atoms with Gasteiger partial charge >= 0.3 is 0 Å². The van der Waals surface area contributed by atoms with Gasteiger partial charge in [0.15, 0.2) is 0 Å². The van der Waals surface area contributed by atoms with Crippen molar-refractivity contribution in [1.82, 2.24) is 4.90 Å². The molecule has 0 aromatic rings. The third-order valence-electron chi connectivity index (χ3n) is 2.83. The van der Waals surface area contributed by atoms with Gasteiger partial charge in [0, 0.05) is 0 Å². The number of hydrogen-bond donors (Lipinski definition) is 1. The van der Waals surface area contributed by atoms with E-state index in [0.717, 1.165) is 0 Å². The molecular formula is C11H20NO2. The highest BCUT2D eigenvalue weighted by Crippen LogP contribution is 2.37. The van der Waals surface area contributed by atoms with Gasteiger partial charge in [0.2, 0.25) is 0 Å². The number of nitrogens with zero attached hydrogens (tertiary/aromatic N) is 1. The third kappa shape index (κ3) is 1.66. The molecule has 1 unspecified atom stereocenters. The largest absolute Gasteiger partial charge is 0.495 e. The van der Waals surface area contributed by atoms with Crippen molar-refractivity contribution in [3.63, 3.8) is 0 Å². The van der Waals surface area contributed by atoms with Crippen LogP contribution in [-0.4, -0.2) is 33.9 Å². The van der Waals surface area contributed by atoms with E-state index in [1.54, 1.807) is 0 Å². The molecule has 3 nitrogen and oxygen atoms in total. The molecule has 14 heavy (non-hydrogen) atoms. The molecule has 0 amide bonds. The summed E-state index contributed by atoms with van der Waals surface area (Å²) in [6, 6.07) is 0. The van der Waals surface area contributed by atoms with Crippen LogP contribution in [0.25, 0.3) is 0 Å². The summed E-state index contributed by atoms with van der Waals surface area (Å²) < 4.78 is 5.51. The Hall–Kier alpha value is -0.540. The molecule has 1 atom stereocenters. The Labute approximate surface area is 86.4 Å². The predicted molar refractivity (Wildman–Crippen MR) is 56.5 cm³/mol. The van der Waals surface area contributed by atoms with E-state index >= 15 is 0 Å². The lowest BCUT2D eigenvalue weighted by Crippen LogP contribution is -2.65. The third-order valence-corrected chi connectivity index (χ3v) is 2.83. The Morgan fingerprint density at radius 3 is 2.29 bits per heavy atom. The van der Waals surface area contributed by atoms with Crippen molar-refractivity contribution >= 4 is 0 Å². The van der Waals surface area contributed by atoms with Gasteiger partial charge in [0.25, 0.3) is 0 Å². The first kappa shape index (κ1) is 11.5. The van der Waals surface area contributed by atoms with E-state index in [0.29, 0.717) is 12.4 Å². The molecule has 1 N–H and O–H groups in total. The second kappa shape index (κ2) is 3.24. The van der Waals surface area contributed by atoms with Gasteiger partial charge < -0.3 is 9.84 Å². The van der Waals surface area contributed by atoms with Crippen molar-refractivity contribution in [1.29, 1.82) is 0 Å². The minimum absolute atomic E-state index is 0.230. The second-order valence-corrected chi connectivity index (χ2v) is 4.93. The lowest BCUT2D eigenvalue weighted by atomic mass is 9.89. The van der Waals surface area contributed by atoms with E-state index in [2.05, 4.69) is 13.5 Å². The summed E-state index contributed by atoms with van der Waals surface area (Å²) in [6.45, 7) is 16.1. The van der Waals surface area contributed by atoms with Gasteiger partial charge in [-0.25, -0.2) is 0 Å². The van der Waals surface area contributed by atoms with Gasteiger partial charge in [-0.15, -0.1) is 0 Å². The molecule has 0 aliphatic carbocycles. The number of aliphatic hydroxyl groups is 1. The van der Waals surface area contributed by atoms with E-state index in [9.17, 15) is 5.11 Å². The summed E-state index contributed by atoms with van der Waals surface area (Å²) in [6.07, 6.45) is -0.749. The number of hydrogen-bond acceptors (Lipinski definition) is 3. The van der Waals surface area contributed by atoms with E-state index in [1.807, 2.05) is 32.6 Å². The molecule has 81 valence electrons. The first-order chi connectivity index (χ1) is 6.19. The molecule has 1 fully saturated rings. The van der Waals surface area contributed by atoms with Crippen LogP contribution in [0.3, 0.4) is 0 Å². The lowest BCUT2D eigenvalue weighted by molar-refractivity contribution is -0.148. The molecule has 0 saturated carbocycles. The maximum atomic E-state index is 9.68. The average Bonchev–Trinajstić information content (AvgIpc) is 1.95. The van der Waals surface area contributed by atoms with Crippen LogP contribution in [0, 0.1) is 6.92 Å². The van der Waals surface area contributed by atoms with Crippen molar-refractivity contribution in [2.24, 2.45) is 0 Å². The maximum absolute atomic E-state index is 9.68. The van der Waals surface area contributed by atoms with E-state index in [4.69, 9.17) is 4.74 Å². The molecule has 3 heteroatoms. The van der Waals surface area contributed by atoms with Gasteiger partial charge in [-0.1, -0.05) is 6.58 Å². The van der Waals surface area contributed by atoms with Crippen molar-refractivity contribution in [2.75, 3.05) is 6.61 Å². The highest BCUT2D eigenvalue weighted by Gasteiger charge is 2.47. The number of aliphatic hydroxyl groups excluding tert-OH is 1. The number of morpholine rings is 1. The summed E-state index contributed by atoms with van der Waals surface area (Å²) in [5.41, 5.74) is -0.616. The minimum atomic E-state index is -0.749. The van der Waals surface area contributed by atoms with Gasteiger partial charge in [0.05, 0.1) is 11.1 Å². The molecule has 1 saturated heterocycles. The Kier molecular flexibility index (Phi) is 2.67. The monoisotopic (exact) mass is 198 g/mol. The van der Waals surface area contributed by atoms with E-state index in [-0.39, 0.29) is 11.1 Å². The quantitative estimate of drug-likeness (QED) is 0.693. The summed E-state index contributed by atoms with van der Waals surface area (Å²) in [7, 11) is 0. The molecule has 1 heterocycles. The molecule has 0 aromatic carbocycles. The van der Waals surface area contributed by atoms with Crippen LogP contribution in [0.5, 0.6) is 0 Å². The lowest BCUT2D eigenvalue weighted by Gasteiger charge is -2.54. The van der Waals surface area contributed by atoms with Crippen LogP contribution in [0.1, 0.15) is 27.7 Å². The summed E-state index contributed by atoms with van der Waals surface area (Å²) in [4.78, 5) is 1.92. The van der Waals surface area contributed by atoms with Crippen LogP contribution >= 0.6 is 0 Å². The molecule has 1 radical (unpaired) electrons. The predicted octanol–water partition coefficient (Wildman–Crippen LogP) is 1.54. The molecule has 1 aliphatic heterocycles. The van der Waals surface area contributed by atoms with Crippen molar-refractivity contribution < 1.29 is 9.84 Å². The zero-order valence-electron chi connectivity index (χ0n) is 9.50. The molecule has 0 bridgehead atoms. The van der Waals surface area contributed by atoms with Crippen molar-refractivity contribution in [3.8, 4) is 0 Å².